The lowest BCUT2D eigenvalue weighted by Crippen LogP contribution is -2.38. The Bertz CT molecular complexity index is 305. The highest BCUT2D eigenvalue weighted by molar-refractivity contribution is 8.46. The number of hydrogen-bond acceptors (Lipinski definition) is 6. The Balaban J connectivity index is 2.67. The third-order valence-electron chi connectivity index (χ3n) is 2.70. The Morgan fingerprint density at radius 2 is 2.22 bits per heavy atom. The fourth-order valence-corrected chi connectivity index (χ4v) is 2.98. The van der Waals surface area contributed by atoms with Gasteiger partial charge in [-0.2, -0.15) is 0 Å². The molecular formula is C9H21BNO5PS. The van der Waals surface area contributed by atoms with Gasteiger partial charge in [-0.1, -0.05) is 12.2 Å². The van der Waals surface area contributed by atoms with Gasteiger partial charge in [0.25, 0.3) is 6.57 Å². The van der Waals surface area contributed by atoms with Crippen LogP contribution in [-0.4, -0.2) is 63.7 Å². The molecule has 0 saturated carbocycles. The Morgan fingerprint density at radius 3 is 2.72 bits per heavy atom. The van der Waals surface area contributed by atoms with E-state index in [1.807, 2.05) is 7.85 Å². The van der Waals surface area contributed by atoms with Crippen LogP contribution in [0.25, 0.3) is 0 Å². The van der Waals surface area contributed by atoms with Crippen LogP contribution in [0.3, 0.4) is 0 Å². The molecule has 0 spiro atoms. The molecule has 3 N–H and O–H groups in total. The molecular weight excluding hydrogens is 276 g/mol. The third-order valence-corrected chi connectivity index (χ3v) is 3.62. The number of aliphatic hydroxyl groups excluding tert-OH is 1. The molecule has 5 unspecified atom stereocenters. The molecule has 0 radical (unpaired) electrons. The molecule has 1 aliphatic heterocycles. The number of ether oxygens (including phenoxy) is 2. The summed E-state index contributed by atoms with van der Waals surface area (Å²) >= 11 is 3.91. The maximum absolute atomic E-state index is 11.6. The van der Waals surface area contributed by atoms with Crippen LogP contribution in [0.4, 0.5) is 0 Å². The average molecular weight is 297 g/mol. The standard InChI is InChI=1S/C9H21BNO5PS/c1-17(13,18)16-7-6(5-12)15-9(10)8(7)14-4-2-3-11/h6-9,12H,2-5,10-11H2,1H3,(H,13,18). The summed E-state index contributed by atoms with van der Waals surface area (Å²) in [6, 6.07) is -0.232. The zero-order valence-corrected chi connectivity index (χ0v) is 12.5. The Labute approximate surface area is 114 Å². The van der Waals surface area contributed by atoms with Crippen LogP contribution >= 0.6 is 18.8 Å². The lowest BCUT2D eigenvalue weighted by molar-refractivity contribution is -0.0128. The van der Waals surface area contributed by atoms with Gasteiger partial charge in [-0.15, -0.1) is 0 Å². The molecule has 1 heterocycles. The minimum absolute atomic E-state index is 0.209. The second-order valence-corrected chi connectivity index (χ2v) is 8.41. The number of thiol groups is 1. The van der Waals surface area contributed by atoms with E-state index in [0.717, 1.165) is 6.42 Å². The van der Waals surface area contributed by atoms with Crippen molar-refractivity contribution in [2.45, 2.75) is 30.7 Å². The summed E-state index contributed by atoms with van der Waals surface area (Å²) in [5.74, 6) is 0. The minimum atomic E-state index is -2.97. The first-order valence-corrected chi connectivity index (χ1v) is 9.18. The molecule has 6 nitrogen and oxygen atoms in total. The summed E-state index contributed by atoms with van der Waals surface area (Å²) < 4.78 is 28.2. The Morgan fingerprint density at radius 1 is 1.56 bits per heavy atom. The maximum Gasteiger partial charge on any atom is 0.252 e. The zero-order valence-electron chi connectivity index (χ0n) is 10.7. The SMILES string of the molecule is BC1OC(CO)C(OP(C)(=O)S)C1OCCCN. The van der Waals surface area contributed by atoms with Crippen LogP contribution in [0.15, 0.2) is 0 Å². The van der Waals surface area contributed by atoms with E-state index in [2.05, 4.69) is 12.2 Å². The summed E-state index contributed by atoms with van der Waals surface area (Å²) in [7, 11) is 1.83. The van der Waals surface area contributed by atoms with Gasteiger partial charge in [0.15, 0.2) is 0 Å². The summed E-state index contributed by atoms with van der Waals surface area (Å²) in [4.78, 5) is 0. The van der Waals surface area contributed by atoms with Gasteiger partial charge < -0.3 is 24.8 Å². The molecule has 18 heavy (non-hydrogen) atoms. The van der Waals surface area contributed by atoms with Crippen molar-refractivity contribution in [3.05, 3.63) is 0 Å². The molecule has 106 valence electrons. The summed E-state index contributed by atoms with van der Waals surface area (Å²) in [6.07, 6.45) is -0.752. The molecule has 1 saturated heterocycles. The highest BCUT2D eigenvalue weighted by Crippen LogP contribution is 2.50. The first kappa shape index (κ1) is 16.5. The third kappa shape index (κ3) is 4.85. The molecule has 9 heteroatoms. The lowest BCUT2D eigenvalue weighted by Gasteiger charge is -2.24. The van der Waals surface area contributed by atoms with E-state index >= 15 is 0 Å². The second-order valence-electron chi connectivity index (χ2n) is 4.41. The van der Waals surface area contributed by atoms with Gasteiger partial charge in [0.2, 0.25) is 0 Å². The van der Waals surface area contributed by atoms with Crippen molar-refractivity contribution in [3.8, 4) is 0 Å². The van der Waals surface area contributed by atoms with E-state index in [1.54, 1.807) is 0 Å². The van der Waals surface area contributed by atoms with Crippen LogP contribution in [0.2, 0.25) is 0 Å². The lowest BCUT2D eigenvalue weighted by atomic mass is 9.93. The number of hydrogen-bond donors (Lipinski definition) is 3. The van der Waals surface area contributed by atoms with Crippen LogP contribution in [0.5, 0.6) is 0 Å². The summed E-state index contributed by atoms with van der Waals surface area (Å²) in [6.45, 7) is -0.754. The Kier molecular flexibility index (Phi) is 6.68. The topological polar surface area (TPSA) is 91.0 Å². The quantitative estimate of drug-likeness (QED) is 0.247. The van der Waals surface area contributed by atoms with Crippen molar-refractivity contribution in [2.75, 3.05) is 26.4 Å². The van der Waals surface area contributed by atoms with Gasteiger partial charge in [-0.05, 0) is 13.0 Å². The molecule has 1 fully saturated rings. The van der Waals surface area contributed by atoms with Gasteiger partial charge >= 0.3 is 0 Å². The van der Waals surface area contributed by atoms with Crippen molar-refractivity contribution in [3.63, 3.8) is 0 Å². The molecule has 1 rings (SSSR count). The number of rotatable bonds is 7. The largest absolute Gasteiger partial charge is 0.394 e. The van der Waals surface area contributed by atoms with Crippen molar-refractivity contribution < 1.29 is 23.7 Å². The summed E-state index contributed by atoms with van der Waals surface area (Å²) in [5, 5.41) is 9.25. The van der Waals surface area contributed by atoms with Crippen molar-refractivity contribution in [1.29, 1.82) is 0 Å². The van der Waals surface area contributed by atoms with Gasteiger partial charge in [0, 0.05) is 13.3 Å². The molecule has 1 aliphatic rings. The first-order chi connectivity index (χ1) is 8.39. The van der Waals surface area contributed by atoms with E-state index in [1.165, 1.54) is 6.66 Å². The van der Waals surface area contributed by atoms with Crippen molar-refractivity contribution in [1.82, 2.24) is 0 Å². The van der Waals surface area contributed by atoms with Crippen molar-refractivity contribution >= 4 is 26.7 Å². The number of aliphatic hydroxyl groups is 1. The van der Waals surface area contributed by atoms with Gasteiger partial charge in [-0.3, -0.25) is 4.57 Å². The normalized spacial score (nSPS) is 35.6. The molecule has 0 bridgehead atoms. The molecule has 5 atom stereocenters. The highest BCUT2D eigenvalue weighted by Gasteiger charge is 2.45. The Hall–Kier alpha value is 0.445. The smallest absolute Gasteiger partial charge is 0.252 e. The van der Waals surface area contributed by atoms with E-state index in [9.17, 15) is 9.67 Å². The van der Waals surface area contributed by atoms with Crippen LogP contribution in [-0.2, 0) is 18.6 Å². The fourth-order valence-electron chi connectivity index (χ4n) is 1.94. The molecule has 0 aromatic heterocycles. The second kappa shape index (κ2) is 7.29. The first-order valence-electron chi connectivity index (χ1n) is 5.95. The van der Waals surface area contributed by atoms with Crippen molar-refractivity contribution in [2.24, 2.45) is 5.73 Å². The molecule has 0 aliphatic carbocycles. The monoisotopic (exact) mass is 297 g/mol. The summed E-state index contributed by atoms with van der Waals surface area (Å²) in [5.41, 5.74) is 5.40. The van der Waals surface area contributed by atoms with Gasteiger partial charge in [0.1, 0.15) is 26.2 Å². The van der Waals surface area contributed by atoms with Gasteiger partial charge in [0.05, 0.1) is 12.6 Å². The fraction of sp³-hybridized carbons (Fsp3) is 1.00. The predicted molar refractivity (Wildman–Crippen MR) is 75.1 cm³/mol. The molecule has 0 aromatic carbocycles. The highest BCUT2D eigenvalue weighted by atomic mass is 32.7. The van der Waals surface area contributed by atoms with E-state index < -0.39 is 18.8 Å². The van der Waals surface area contributed by atoms with E-state index in [0.29, 0.717) is 13.2 Å². The van der Waals surface area contributed by atoms with Gasteiger partial charge in [-0.25, -0.2) is 0 Å². The van der Waals surface area contributed by atoms with Crippen LogP contribution in [0.1, 0.15) is 6.42 Å². The predicted octanol–water partition coefficient (Wildman–Crippen LogP) is -0.791. The van der Waals surface area contributed by atoms with E-state index in [-0.39, 0.29) is 18.7 Å². The van der Waals surface area contributed by atoms with E-state index in [4.69, 9.17) is 19.7 Å². The average Bonchev–Trinajstić information content (AvgIpc) is 2.54. The van der Waals surface area contributed by atoms with Crippen LogP contribution < -0.4 is 5.73 Å². The zero-order chi connectivity index (χ0) is 13.8. The van der Waals surface area contributed by atoms with Crippen LogP contribution in [0, 0.1) is 0 Å². The molecule has 0 amide bonds. The minimum Gasteiger partial charge on any atom is -0.394 e. The molecule has 0 aromatic rings. The number of nitrogens with two attached hydrogens (primary N) is 1. The maximum atomic E-state index is 11.6.